The number of hydrogen-bond acceptors (Lipinski definition) is 11. The summed E-state index contributed by atoms with van der Waals surface area (Å²) in [6.45, 7) is -0.457. The van der Waals surface area contributed by atoms with E-state index < -0.39 is 60.3 Å². The van der Waals surface area contributed by atoms with Gasteiger partial charge in [0.1, 0.15) is 24.4 Å². The number of rotatable bonds is 8. The van der Waals surface area contributed by atoms with Crippen molar-refractivity contribution < 1.29 is 33.3 Å². The van der Waals surface area contributed by atoms with Crippen molar-refractivity contribution in [2.24, 2.45) is 0 Å². The van der Waals surface area contributed by atoms with Gasteiger partial charge in [-0.15, -0.1) is 0 Å². The summed E-state index contributed by atoms with van der Waals surface area (Å²) in [5.74, 6) is -2.28. The Hall–Kier alpha value is -5.95. The third kappa shape index (κ3) is 6.10. The molecule has 1 aliphatic rings. The molecule has 1 aliphatic heterocycles. The lowest BCUT2D eigenvalue weighted by atomic mass is 10.1. The molecule has 1 N–H and O–H groups in total. The smallest absolute Gasteiger partial charge is 0.338 e. The molecule has 1 saturated heterocycles. The van der Waals surface area contributed by atoms with Crippen molar-refractivity contribution in [1.82, 2.24) is 19.5 Å². The van der Waals surface area contributed by atoms with Crippen LogP contribution in [0.15, 0.2) is 113 Å². The molecule has 4 atom stereocenters. The summed E-state index contributed by atoms with van der Waals surface area (Å²) in [6.07, 6.45) is -3.26. The van der Waals surface area contributed by atoms with E-state index in [-0.39, 0.29) is 27.7 Å². The normalized spacial score (nSPS) is 19.1. The lowest BCUT2D eigenvalue weighted by Gasteiger charge is -2.25. The molecule has 6 rings (SSSR count). The Labute approximate surface area is 254 Å². The van der Waals surface area contributed by atoms with Crippen molar-refractivity contribution >= 4 is 28.9 Å². The molecule has 0 aliphatic carbocycles. The maximum Gasteiger partial charge on any atom is 0.338 e. The Balaban J connectivity index is 1.43. The molecule has 13 nitrogen and oxygen atoms in total. The van der Waals surface area contributed by atoms with Gasteiger partial charge in [0.25, 0.3) is 5.56 Å². The van der Waals surface area contributed by atoms with E-state index in [1.54, 1.807) is 66.7 Å². The molecule has 0 saturated carbocycles. The number of esters is 3. The highest BCUT2D eigenvalue weighted by Gasteiger charge is 2.52. The topological polar surface area (TPSA) is 169 Å². The van der Waals surface area contributed by atoms with Crippen LogP contribution in [0.2, 0.25) is 0 Å². The second-order valence-electron chi connectivity index (χ2n) is 9.89. The van der Waals surface area contributed by atoms with Gasteiger partial charge < -0.3 is 18.9 Å². The fourth-order valence-corrected chi connectivity index (χ4v) is 4.90. The van der Waals surface area contributed by atoms with E-state index in [0.29, 0.717) is 0 Å². The first-order valence-corrected chi connectivity index (χ1v) is 13.7. The minimum Gasteiger partial charge on any atom is -0.459 e. The number of ether oxygens (including phenoxy) is 4. The van der Waals surface area contributed by atoms with Crippen LogP contribution in [0.4, 0.5) is 0 Å². The van der Waals surface area contributed by atoms with E-state index in [1.165, 1.54) is 30.5 Å². The molecule has 0 amide bonds. The van der Waals surface area contributed by atoms with Gasteiger partial charge >= 0.3 is 23.6 Å². The average Bonchev–Trinajstić information content (AvgIpc) is 3.40. The van der Waals surface area contributed by atoms with Gasteiger partial charge in [-0.25, -0.2) is 33.7 Å². The lowest BCUT2D eigenvalue weighted by Crippen LogP contribution is -2.43. The maximum atomic E-state index is 13.4. The first kappa shape index (κ1) is 29.1. The highest BCUT2D eigenvalue weighted by Crippen LogP contribution is 2.35. The summed E-state index contributed by atoms with van der Waals surface area (Å²) in [4.78, 5) is 75.5. The Morgan fingerprint density at radius 1 is 0.756 bits per heavy atom. The highest BCUT2D eigenvalue weighted by molar-refractivity contribution is 5.91. The predicted molar refractivity (Wildman–Crippen MR) is 156 cm³/mol. The van der Waals surface area contributed by atoms with E-state index in [0.717, 1.165) is 10.9 Å². The van der Waals surface area contributed by atoms with Gasteiger partial charge in [-0.3, -0.25) is 9.78 Å². The van der Waals surface area contributed by atoms with Crippen LogP contribution in [0, 0.1) is 0 Å². The van der Waals surface area contributed by atoms with Gasteiger partial charge in [0.2, 0.25) is 0 Å². The van der Waals surface area contributed by atoms with Crippen LogP contribution in [0.5, 0.6) is 0 Å². The van der Waals surface area contributed by atoms with Crippen LogP contribution in [0.25, 0.3) is 11.0 Å². The molecular weight excluding hydrogens is 584 g/mol. The number of nitrogens with zero attached hydrogens (tertiary/aromatic N) is 3. The van der Waals surface area contributed by atoms with Crippen molar-refractivity contribution in [1.29, 1.82) is 0 Å². The van der Waals surface area contributed by atoms with Gasteiger partial charge in [-0.2, -0.15) is 0 Å². The summed E-state index contributed by atoms with van der Waals surface area (Å²) >= 11 is 0. The van der Waals surface area contributed by atoms with Crippen molar-refractivity contribution in [3.05, 3.63) is 141 Å². The SMILES string of the molecule is O=C(OC[C@H]1O[C@@H](n2c(=O)[nH]c(=O)c3cncnc32)[C@H](OC(=O)c2ccccc2)[C@@H]1OC(=O)c1ccccc1)c1ccccc1. The van der Waals surface area contributed by atoms with Crippen LogP contribution >= 0.6 is 0 Å². The molecule has 5 aromatic rings. The highest BCUT2D eigenvalue weighted by atomic mass is 16.7. The zero-order valence-electron chi connectivity index (χ0n) is 23.3. The van der Waals surface area contributed by atoms with Gasteiger partial charge in [0.05, 0.1) is 16.7 Å². The molecule has 0 bridgehead atoms. The molecule has 1 fully saturated rings. The van der Waals surface area contributed by atoms with E-state index in [1.807, 2.05) is 0 Å². The quantitative estimate of drug-likeness (QED) is 0.203. The van der Waals surface area contributed by atoms with Crippen molar-refractivity contribution in [3.63, 3.8) is 0 Å². The summed E-state index contributed by atoms with van der Waals surface area (Å²) in [6, 6.07) is 24.3. The Kier molecular flexibility index (Phi) is 8.24. The molecule has 226 valence electrons. The third-order valence-electron chi connectivity index (χ3n) is 7.04. The van der Waals surface area contributed by atoms with Crippen LogP contribution in [-0.2, 0) is 18.9 Å². The van der Waals surface area contributed by atoms with Crippen molar-refractivity contribution in [3.8, 4) is 0 Å². The molecule has 45 heavy (non-hydrogen) atoms. The number of aromatic amines is 1. The molecule has 0 radical (unpaired) electrons. The van der Waals surface area contributed by atoms with Gasteiger partial charge in [-0.05, 0) is 36.4 Å². The fraction of sp³-hybridized carbons (Fsp3) is 0.156. The first-order chi connectivity index (χ1) is 21.9. The Bertz CT molecular complexity index is 1960. The number of carbonyl (C=O) groups excluding carboxylic acids is 3. The van der Waals surface area contributed by atoms with Gasteiger partial charge in [0.15, 0.2) is 24.1 Å². The molecule has 0 unspecified atom stereocenters. The van der Waals surface area contributed by atoms with Crippen molar-refractivity contribution in [2.45, 2.75) is 24.5 Å². The van der Waals surface area contributed by atoms with E-state index in [4.69, 9.17) is 18.9 Å². The van der Waals surface area contributed by atoms with E-state index in [9.17, 15) is 24.0 Å². The summed E-state index contributed by atoms with van der Waals surface area (Å²) in [7, 11) is 0. The van der Waals surface area contributed by atoms with Gasteiger partial charge in [0, 0.05) is 6.20 Å². The van der Waals surface area contributed by atoms with Crippen LogP contribution in [0.1, 0.15) is 37.3 Å². The number of nitrogens with one attached hydrogen (secondary N) is 1. The number of hydrogen-bond donors (Lipinski definition) is 1. The van der Waals surface area contributed by atoms with Crippen LogP contribution in [0.3, 0.4) is 0 Å². The molecule has 13 heteroatoms. The summed E-state index contributed by atoms with van der Waals surface area (Å²) in [5, 5.41) is -0.0504. The largest absolute Gasteiger partial charge is 0.459 e. The van der Waals surface area contributed by atoms with E-state index >= 15 is 0 Å². The molecular formula is C32H24N4O9. The maximum absolute atomic E-state index is 13.4. The predicted octanol–water partition coefficient (Wildman–Crippen LogP) is 2.69. The number of fused-ring (bicyclic) bond motifs is 1. The zero-order chi connectivity index (χ0) is 31.3. The number of benzene rings is 3. The average molecular weight is 609 g/mol. The van der Waals surface area contributed by atoms with Crippen molar-refractivity contribution in [2.75, 3.05) is 6.61 Å². The number of H-pyrrole nitrogens is 1. The number of carbonyl (C=O) groups is 3. The molecule has 3 aromatic carbocycles. The van der Waals surface area contributed by atoms with Crippen LogP contribution < -0.4 is 11.2 Å². The summed E-state index contributed by atoms with van der Waals surface area (Å²) < 4.78 is 24.5. The fourth-order valence-electron chi connectivity index (χ4n) is 4.90. The van der Waals surface area contributed by atoms with Gasteiger partial charge in [-0.1, -0.05) is 54.6 Å². The standard InChI is InChI=1S/C32H24N4O9/c37-27-22-16-33-18-34-26(22)36(32(41)35-27)28-25(45-31(40)21-14-8-3-9-15-21)24(44-30(39)20-12-6-2-7-13-20)23(43-28)17-42-29(38)19-10-4-1-5-11-19/h1-16,18,23-25,28H,17H2,(H,35,37,41)/t23-,24-,25-,28-/m1/s1. The Morgan fingerprint density at radius 3 is 1.87 bits per heavy atom. The summed E-state index contributed by atoms with van der Waals surface area (Å²) in [5.41, 5.74) is -1.19. The minimum atomic E-state index is -1.49. The molecule has 0 spiro atoms. The van der Waals surface area contributed by atoms with Crippen LogP contribution in [-0.4, -0.2) is 62.3 Å². The minimum absolute atomic E-state index is 0.0504. The monoisotopic (exact) mass is 608 g/mol. The lowest BCUT2D eigenvalue weighted by molar-refractivity contribution is -0.0623. The first-order valence-electron chi connectivity index (χ1n) is 13.7. The zero-order valence-corrected chi connectivity index (χ0v) is 23.3. The second-order valence-corrected chi connectivity index (χ2v) is 9.89. The molecule has 2 aromatic heterocycles. The second kappa shape index (κ2) is 12.7. The van der Waals surface area contributed by atoms with E-state index in [2.05, 4.69) is 15.0 Å². The number of aromatic nitrogens is 4. The third-order valence-corrected chi connectivity index (χ3v) is 7.04. The molecule has 3 heterocycles. The Morgan fingerprint density at radius 2 is 1.29 bits per heavy atom.